The summed E-state index contributed by atoms with van der Waals surface area (Å²) in [5, 5.41) is 0. The Morgan fingerprint density at radius 3 is 2.11 bits per heavy atom. The van der Waals surface area contributed by atoms with E-state index in [-0.39, 0.29) is 15.5 Å². The Morgan fingerprint density at radius 2 is 1.72 bits per heavy atom. The zero-order valence-electron chi connectivity index (χ0n) is 10.2. The molecule has 0 saturated carbocycles. The third kappa shape index (κ3) is 2.80. The van der Waals surface area contributed by atoms with E-state index in [1.807, 2.05) is 0 Å². The van der Waals surface area contributed by atoms with E-state index in [9.17, 15) is 16.8 Å². The van der Waals surface area contributed by atoms with Gasteiger partial charge in [-0.15, -0.1) is 0 Å². The largest absolute Gasteiger partial charge is 0.323 e. The van der Waals surface area contributed by atoms with E-state index in [2.05, 4.69) is 5.43 Å². The summed E-state index contributed by atoms with van der Waals surface area (Å²) in [7, 11) is -4.56. The third-order valence-electron chi connectivity index (χ3n) is 2.30. The van der Waals surface area contributed by atoms with Crippen molar-refractivity contribution >= 4 is 25.5 Å². The van der Waals surface area contributed by atoms with E-state index in [1.165, 1.54) is 26.2 Å². The molecule has 1 rings (SSSR count). The van der Waals surface area contributed by atoms with E-state index in [0.717, 1.165) is 16.6 Å². The van der Waals surface area contributed by atoms with Gasteiger partial charge in [0.25, 0.3) is 0 Å². The molecule has 0 aliphatic carbocycles. The molecule has 1 aromatic carbocycles. The number of nitrogens with one attached hydrogen (secondary N) is 1. The van der Waals surface area contributed by atoms with Crippen LogP contribution in [0.4, 0.5) is 5.69 Å². The van der Waals surface area contributed by atoms with Crippen molar-refractivity contribution in [3.05, 3.63) is 18.2 Å². The van der Waals surface area contributed by atoms with Gasteiger partial charge in [-0.05, 0) is 18.2 Å². The molecule has 0 amide bonds. The molecule has 0 radical (unpaired) electrons. The summed E-state index contributed by atoms with van der Waals surface area (Å²) >= 11 is 0. The number of nitrogen functional groups attached to an aromatic ring is 1. The lowest BCUT2D eigenvalue weighted by molar-refractivity contribution is 0.521. The van der Waals surface area contributed by atoms with Crippen molar-refractivity contribution in [1.29, 1.82) is 0 Å². The summed E-state index contributed by atoms with van der Waals surface area (Å²) < 4.78 is 47.9. The van der Waals surface area contributed by atoms with Gasteiger partial charge in [-0.2, -0.15) is 0 Å². The zero-order chi connectivity index (χ0) is 14.1. The molecule has 3 N–H and O–H groups in total. The van der Waals surface area contributed by atoms with Crippen molar-refractivity contribution in [1.82, 2.24) is 4.31 Å². The average molecular weight is 293 g/mol. The summed E-state index contributed by atoms with van der Waals surface area (Å²) in [6, 6.07) is 3.69. The van der Waals surface area contributed by atoms with Gasteiger partial charge in [0.1, 0.15) is 4.90 Å². The molecule has 7 nitrogen and oxygen atoms in total. The fraction of sp³-hybridized carbons (Fsp3) is 0.333. The minimum Gasteiger partial charge on any atom is -0.323 e. The lowest BCUT2D eigenvalue weighted by atomic mass is 10.3. The molecule has 0 bridgehead atoms. The standard InChI is InChI=1S/C9H15N3O4S2/c1-12(2)18(15,16)9-6-7(17(3,13)14)4-5-8(9)11-10/h4-6,11H,10H2,1-3H3. The second-order valence-corrected chi connectivity index (χ2v) is 8.00. The highest BCUT2D eigenvalue weighted by Crippen LogP contribution is 2.26. The highest BCUT2D eigenvalue weighted by Gasteiger charge is 2.23. The molecule has 102 valence electrons. The molecule has 0 spiro atoms. The van der Waals surface area contributed by atoms with Gasteiger partial charge in [-0.25, -0.2) is 21.1 Å². The summed E-state index contributed by atoms with van der Waals surface area (Å²) in [6.45, 7) is 0. The van der Waals surface area contributed by atoms with Gasteiger partial charge in [-0.1, -0.05) is 0 Å². The maximum atomic E-state index is 12.0. The van der Waals surface area contributed by atoms with Gasteiger partial charge in [-0.3, -0.25) is 5.84 Å². The summed E-state index contributed by atoms with van der Waals surface area (Å²) in [4.78, 5) is -0.264. The quantitative estimate of drug-likeness (QED) is 0.579. The first kappa shape index (κ1) is 14.9. The molecule has 9 heteroatoms. The molecule has 0 unspecified atom stereocenters. The molecule has 0 aromatic heterocycles. The van der Waals surface area contributed by atoms with Crippen LogP contribution < -0.4 is 11.3 Å². The summed E-state index contributed by atoms with van der Waals surface area (Å²) in [5.41, 5.74) is 2.37. The molecule has 0 aliphatic heterocycles. The van der Waals surface area contributed by atoms with Crippen molar-refractivity contribution in [2.75, 3.05) is 25.8 Å². The molecule has 1 aromatic rings. The van der Waals surface area contributed by atoms with Gasteiger partial charge in [0, 0.05) is 20.4 Å². The van der Waals surface area contributed by atoms with E-state index in [4.69, 9.17) is 5.84 Å². The number of hydrogen-bond donors (Lipinski definition) is 2. The van der Waals surface area contributed by atoms with Crippen LogP contribution >= 0.6 is 0 Å². The number of rotatable bonds is 4. The van der Waals surface area contributed by atoms with Crippen molar-refractivity contribution in [2.45, 2.75) is 9.79 Å². The lowest BCUT2D eigenvalue weighted by Gasteiger charge is -2.15. The van der Waals surface area contributed by atoms with Crippen LogP contribution in [0, 0.1) is 0 Å². The normalized spacial score (nSPS) is 12.7. The lowest BCUT2D eigenvalue weighted by Crippen LogP contribution is -2.24. The van der Waals surface area contributed by atoms with Crippen LogP contribution in [-0.4, -0.2) is 41.5 Å². The number of hydrazine groups is 1. The third-order valence-corrected chi connectivity index (χ3v) is 5.26. The Morgan fingerprint density at radius 1 is 1.17 bits per heavy atom. The molecule has 18 heavy (non-hydrogen) atoms. The maximum absolute atomic E-state index is 12.0. The molecule has 0 fully saturated rings. The summed E-state index contributed by atoms with van der Waals surface area (Å²) in [6.07, 6.45) is 1.00. The molecule has 0 aliphatic rings. The number of nitrogens with zero attached hydrogens (tertiary/aromatic N) is 1. The van der Waals surface area contributed by atoms with Gasteiger partial charge in [0.2, 0.25) is 10.0 Å². The number of nitrogens with two attached hydrogens (primary N) is 1. The van der Waals surface area contributed by atoms with Crippen molar-refractivity contribution in [3.63, 3.8) is 0 Å². The molecular formula is C9H15N3O4S2. The smallest absolute Gasteiger partial charge is 0.244 e. The topological polar surface area (TPSA) is 110 Å². The highest BCUT2D eigenvalue weighted by atomic mass is 32.2. The van der Waals surface area contributed by atoms with Crippen LogP contribution in [0.2, 0.25) is 0 Å². The average Bonchev–Trinajstić information content (AvgIpc) is 2.26. The first-order valence-electron chi connectivity index (χ1n) is 4.84. The van der Waals surface area contributed by atoms with Crippen LogP contribution in [0.5, 0.6) is 0 Å². The van der Waals surface area contributed by atoms with E-state index >= 15 is 0 Å². The highest BCUT2D eigenvalue weighted by molar-refractivity contribution is 7.91. The van der Waals surface area contributed by atoms with E-state index < -0.39 is 19.9 Å². The molecule has 0 heterocycles. The Balaban J connectivity index is 3.61. The SMILES string of the molecule is CN(C)S(=O)(=O)c1cc(S(C)(=O)=O)ccc1NN. The first-order chi connectivity index (χ1) is 8.10. The summed E-state index contributed by atoms with van der Waals surface area (Å²) in [5.74, 6) is 5.22. The van der Waals surface area contributed by atoms with E-state index in [0.29, 0.717) is 0 Å². The van der Waals surface area contributed by atoms with E-state index in [1.54, 1.807) is 0 Å². The fourth-order valence-corrected chi connectivity index (χ4v) is 3.06. The Hall–Kier alpha value is -1.16. The van der Waals surface area contributed by atoms with Crippen LogP contribution in [-0.2, 0) is 19.9 Å². The van der Waals surface area contributed by atoms with Gasteiger partial charge < -0.3 is 5.43 Å². The monoisotopic (exact) mass is 293 g/mol. The minimum absolute atomic E-state index is 0.0816. The van der Waals surface area contributed by atoms with Gasteiger partial charge in [0.05, 0.1) is 10.6 Å². The van der Waals surface area contributed by atoms with Crippen LogP contribution in [0.1, 0.15) is 0 Å². The first-order valence-corrected chi connectivity index (χ1v) is 8.17. The van der Waals surface area contributed by atoms with Crippen molar-refractivity contribution in [3.8, 4) is 0 Å². The minimum atomic E-state index is -3.78. The molecule has 0 atom stereocenters. The predicted molar refractivity (Wildman–Crippen MR) is 68.2 cm³/mol. The molecular weight excluding hydrogens is 278 g/mol. The van der Waals surface area contributed by atoms with Gasteiger partial charge in [0.15, 0.2) is 9.84 Å². The second kappa shape index (κ2) is 4.84. The number of anilines is 1. The Bertz CT molecular complexity index is 650. The number of hydrogen-bond acceptors (Lipinski definition) is 6. The van der Waals surface area contributed by atoms with Crippen LogP contribution in [0.15, 0.2) is 28.0 Å². The van der Waals surface area contributed by atoms with Crippen LogP contribution in [0.25, 0.3) is 0 Å². The van der Waals surface area contributed by atoms with Crippen molar-refractivity contribution < 1.29 is 16.8 Å². The van der Waals surface area contributed by atoms with Crippen molar-refractivity contribution in [2.24, 2.45) is 5.84 Å². The fourth-order valence-electron chi connectivity index (χ4n) is 1.26. The van der Waals surface area contributed by atoms with Crippen LogP contribution in [0.3, 0.4) is 0 Å². The maximum Gasteiger partial charge on any atom is 0.244 e. The number of benzene rings is 1. The second-order valence-electron chi connectivity index (χ2n) is 3.86. The zero-order valence-corrected chi connectivity index (χ0v) is 11.8. The Labute approximate surface area is 107 Å². The predicted octanol–water partition coefficient (Wildman–Crippen LogP) is -0.374. The Kier molecular flexibility index (Phi) is 4.01. The number of sulfonamides is 1. The molecule has 0 saturated heterocycles. The number of sulfone groups is 1. The van der Waals surface area contributed by atoms with Gasteiger partial charge >= 0.3 is 0 Å².